The zero-order valence-electron chi connectivity index (χ0n) is 29.3. The number of hydrogen-bond acceptors (Lipinski definition) is 10. The third-order valence-corrected chi connectivity index (χ3v) is 7.52. The molecule has 0 spiro atoms. The largest absolute Gasteiger partial charge is 0.509 e. The first-order chi connectivity index (χ1) is 21.7. The van der Waals surface area contributed by atoms with Crippen LogP contribution in [0.3, 0.4) is 0 Å². The number of ether oxygens (including phenoxy) is 5. The molecular weight excluding hydrogens is 578 g/mol. The normalized spacial score (nSPS) is 11.3. The van der Waals surface area contributed by atoms with Crippen LogP contribution in [0.2, 0.25) is 0 Å². The zero-order chi connectivity index (χ0) is 33.6. The van der Waals surface area contributed by atoms with Gasteiger partial charge in [-0.3, -0.25) is 9.59 Å². The van der Waals surface area contributed by atoms with E-state index in [-0.39, 0.29) is 26.4 Å². The predicted octanol–water partition coefficient (Wildman–Crippen LogP) is 7.93. The average molecular weight is 644 g/mol. The second-order valence-corrected chi connectivity index (χ2v) is 12.2. The van der Waals surface area contributed by atoms with E-state index in [9.17, 15) is 19.2 Å². The summed E-state index contributed by atoms with van der Waals surface area (Å²) >= 11 is 0. The lowest BCUT2D eigenvalue weighted by Gasteiger charge is -2.29. The highest BCUT2D eigenvalue weighted by atomic mass is 16.7. The molecular formula is C35H65NO9. The maximum atomic E-state index is 13.6. The van der Waals surface area contributed by atoms with Gasteiger partial charge in [-0.1, -0.05) is 117 Å². The van der Waals surface area contributed by atoms with E-state index in [0.29, 0.717) is 25.8 Å². The highest BCUT2D eigenvalue weighted by molar-refractivity contribution is 5.92. The van der Waals surface area contributed by atoms with Gasteiger partial charge in [-0.05, 0) is 33.4 Å². The van der Waals surface area contributed by atoms with Crippen LogP contribution >= 0.6 is 0 Å². The molecule has 0 heterocycles. The van der Waals surface area contributed by atoms with Gasteiger partial charge >= 0.3 is 24.1 Å². The van der Waals surface area contributed by atoms with Crippen LogP contribution in [0.1, 0.15) is 149 Å². The second-order valence-electron chi connectivity index (χ2n) is 12.2. The number of hydrogen-bond donors (Lipinski definition) is 0. The number of nitrogens with zero attached hydrogens (tertiary/aromatic N) is 1. The van der Waals surface area contributed by atoms with Crippen LogP contribution in [0.4, 0.5) is 4.79 Å². The number of carbonyl (C=O) groups is 4. The van der Waals surface area contributed by atoms with E-state index in [0.717, 1.165) is 83.5 Å². The topological polar surface area (TPSA) is 118 Å². The van der Waals surface area contributed by atoms with Gasteiger partial charge in [0.25, 0.3) is 0 Å². The molecule has 0 aliphatic rings. The Morgan fingerprint density at radius 3 is 1.27 bits per heavy atom. The first kappa shape index (κ1) is 42.6. The monoisotopic (exact) mass is 643 g/mol. The molecule has 10 heteroatoms. The minimum Gasteiger partial charge on any atom is -0.466 e. The Morgan fingerprint density at radius 1 is 0.489 bits per heavy atom. The van der Waals surface area contributed by atoms with E-state index in [2.05, 4.69) is 20.8 Å². The molecule has 0 aromatic heterocycles. The number of esters is 3. The predicted molar refractivity (Wildman–Crippen MR) is 176 cm³/mol. The Hall–Kier alpha value is -2.36. The minimum atomic E-state index is -2.26. The molecule has 0 saturated heterocycles. The quantitative estimate of drug-likeness (QED) is 0.0434. The molecule has 0 bridgehead atoms. The van der Waals surface area contributed by atoms with Crippen molar-refractivity contribution < 1.29 is 42.9 Å². The smallest absolute Gasteiger partial charge is 0.466 e. The Morgan fingerprint density at radius 2 is 0.867 bits per heavy atom. The fourth-order valence-electron chi connectivity index (χ4n) is 4.71. The van der Waals surface area contributed by atoms with Crippen LogP contribution in [0.5, 0.6) is 0 Å². The maximum absolute atomic E-state index is 13.6. The molecule has 0 atom stereocenters. The molecule has 0 aromatic rings. The number of likely N-dealkylation sites (N-methyl/N-ethyl adjacent to an activating group) is 1. The zero-order valence-corrected chi connectivity index (χ0v) is 29.3. The van der Waals surface area contributed by atoms with Gasteiger partial charge in [-0.2, -0.15) is 0 Å². The Kier molecular flexibility index (Phi) is 27.5. The summed E-state index contributed by atoms with van der Waals surface area (Å²) in [5.41, 5.74) is -2.26. The van der Waals surface area contributed by atoms with Crippen molar-refractivity contribution in [3.8, 4) is 0 Å². The van der Waals surface area contributed by atoms with Gasteiger partial charge < -0.3 is 28.6 Å². The summed E-state index contributed by atoms with van der Waals surface area (Å²) in [5.74, 6) is -2.50. The van der Waals surface area contributed by atoms with Gasteiger partial charge in [0.05, 0.1) is 32.7 Å². The van der Waals surface area contributed by atoms with Gasteiger partial charge in [0.1, 0.15) is 6.61 Å². The van der Waals surface area contributed by atoms with Crippen LogP contribution in [-0.4, -0.2) is 81.6 Å². The van der Waals surface area contributed by atoms with Crippen molar-refractivity contribution in [3.05, 3.63) is 0 Å². The molecule has 0 aliphatic carbocycles. The van der Waals surface area contributed by atoms with Crippen LogP contribution in [0.15, 0.2) is 0 Å². The molecule has 10 nitrogen and oxygen atoms in total. The van der Waals surface area contributed by atoms with Gasteiger partial charge in [0.15, 0.2) is 0 Å². The summed E-state index contributed by atoms with van der Waals surface area (Å²) in [6, 6.07) is 0. The highest BCUT2D eigenvalue weighted by Gasteiger charge is 2.50. The minimum absolute atomic E-state index is 0.000321. The Labute approximate surface area is 273 Å². The second kappa shape index (κ2) is 29.1. The molecule has 0 unspecified atom stereocenters. The van der Waals surface area contributed by atoms with E-state index in [4.69, 9.17) is 23.7 Å². The van der Waals surface area contributed by atoms with Crippen LogP contribution < -0.4 is 0 Å². The number of carbonyl (C=O) groups excluding carboxylic acids is 4. The molecule has 0 fully saturated rings. The molecule has 0 saturated carbocycles. The molecule has 0 aromatic carbocycles. The van der Waals surface area contributed by atoms with Crippen molar-refractivity contribution in [2.45, 2.75) is 155 Å². The molecule has 264 valence electrons. The molecule has 0 aliphatic heterocycles. The Bertz CT molecular complexity index is 740. The average Bonchev–Trinajstić information content (AvgIpc) is 2.99. The van der Waals surface area contributed by atoms with E-state index in [1.807, 2.05) is 19.0 Å². The first-order valence-electron chi connectivity index (χ1n) is 17.7. The summed E-state index contributed by atoms with van der Waals surface area (Å²) in [4.78, 5) is 54.2. The van der Waals surface area contributed by atoms with Crippen LogP contribution in [-0.2, 0) is 38.1 Å². The van der Waals surface area contributed by atoms with Gasteiger partial charge in [0.2, 0.25) is 5.60 Å². The molecule has 0 radical (unpaired) electrons. The fourth-order valence-corrected chi connectivity index (χ4v) is 4.71. The molecule has 45 heavy (non-hydrogen) atoms. The number of unbranched alkanes of at least 4 members (excludes halogenated alkanes) is 15. The van der Waals surface area contributed by atoms with Crippen LogP contribution in [0, 0.1) is 0 Å². The van der Waals surface area contributed by atoms with E-state index < -0.39 is 42.5 Å². The van der Waals surface area contributed by atoms with Crippen molar-refractivity contribution in [1.82, 2.24) is 4.90 Å². The molecule has 0 N–H and O–H groups in total. The molecule has 0 rings (SSSR count). The van der Waals surface area contributed by atoms with E-state index >= 15 is 0 Å². The summed E-state index contributed by atoms with van der Waals surface area (Å²) in [5, 5.41) is 0. The van der Waals surface area contributed by atoms with Crippen LogP contribution in [0.25, 0.3) is 0 Å². The first-order valence-corrected chi connectivity index (χ1v) is 17.7. The summed E-state index contributed by atoms with van der Waals surface area (Å²) in [6.45, 7) is 7.28. The SMILES string of the molecule is CCCCCCCCOC(=O)CC(CC(=O)OCCCCCCCC)(OC(=O)OCCN(C)C)C(=O)OCCCCCCCC. The highest BCUT2D eigenvalue weighted by Crippen LogP contribution is 2.27. The molecule has 0 amide bonds. The summed E-state index contributed by atoms with van der Waals surface area (Å²) < 4.78 is 27.1. The fraction of sp³-hybridized carbons (Fsp3) is 0.886. The van der Waals surface area contributed by atoms with Crippen molar-refractivity contribution >= 4 is 24.1 Å². The van der Waals surface area contributed by atoms with Gasteiger partial charge in [0, 0.05) is 6.54 Å². The third kappa shape index (κ3) is 24.5. The number of rotatable bonds is 30. The van der Waals surface area contributed by atoms with Crippen molar-refractivity contribution in [1.29, 1.82) is 0 Å². The Balaban J connectivity index is 5.57. The van der Waals surface area contributed by atoms with E-state index in [1.165, 1.54) is 12.8 Å². The van der Waals surface area contributed by atoms with E-state index in [1.54, 1.807) is 0 Å². The van der Waals surface area contributed by atoms with Crippen molar-refractivity contribution in [2.24, 2.45) is 0 Å². The lowest BCUT2D eigenvalue weighted by atomic mass is 9.95. The van der Waals surface area contributed by atoms with Gasteiger partial charge in [-0.25, -0.2) is 9.59 Å². The van der Waals surface area contributed by atoms with Gasteiger partial charge in [-0.15, -0.1) is 0 Å². The summed E-state index contributed by atoms with van der Waals surface area (Å²) in [6.07, 6.45) is 15.5. The lowest BCUT2D eigenvalue weighted by Crippen LogP contribution is -2.49. The van der Waals surface area contributed by atoms with Crippen molar-refractivity contribution in [2.75, 3.05) is 47.1 Å². The van der Waals surface area contributed by atoms with Crippen molar-refractivity contribution in [3.63, 3.8) is 0 Å². The summed E-state index contributed by atoms with van der Waals surface area (Å²) in [7, 11) is 3.64. The third-order valence-electron chi connectivity index (χ3n) is 7.52. The maximum Gasteiger partial charge on any atom is 0.509 e. The standard InChI is InChI=1S/C35H65NO9/c1-6-9-12-15-18-21-25-41-31(37)29-35(45-34(40)44-28-24-36(4)5,33(39)43-27-23-20-17-14-11-8-3)30-32(38)42-26-22-19-16-13-10-7-2/h6-30H2,1-5H3. The lowest BCUT2D eigenvalue weighted by molar-refractivity contribution is -0.180.